The van der Waals surface area contributed by atoms with Gasteiger partial charge in [-0.2, -0.15) is 0 Å². The molecule has 0 fully saturated rings. The van der Waals surface area contributed by atoms with E-state index in [1.165, 1.54) is 0 Å². The van der Waals surface area contributed by atoms with Crippen LogP contribution in [0.4, 0.5) is 0 Å². The van der Waals surface area contributed by atoms with E-state index in [0.717, 1.165) is 0 Å². The van der Waals surface area contributed by atoms with Crippen LogP contribution in [0.3, 0.4) is 0 Å². The molecule has 0 rings (SSSR count). The number of thiol groups is 1. The molecule has 0 aromatic heterocycles. The van der Waals surface area contributed by atoms with Crippen LogP contribution in [-0.2, 0) is 11.7 Å². The van der Waals surface area contributed by atoms with Gasteiger partial charge >= 0.3 is 0 Å². The molecule has 0 bridgehead atoms. The minimum absolute atomic E-state index is 3.02. The molecule has 0 saturated heterocycles. The van der Waals surface area contributed by atoms with Gasteiger partial charge in [-0.3, -0.25) is 0 Å². The van der Waals surface area contributed by atoms with Crippen LogP contribution in [0.2, 0.25) is 0 Å². The van der Waals surface area contributed by atoms with Crippen LogP contribution in [0.5, 0.6) is 0 Å². The fourth-order valence-corrected chi connectivity index (χ4v) is 0. The van der Waals surface area contributed by atoms with Crippen molar-refractivity contribution in [2.75, 3.05) is 0 Å². The normalized spacial score (nSPS) is 28.0. The molecule has 2 nitrogen and oxygen atoms in total. The van der Waals surface area contributed by atoms with E-state index in [0.29, 0.717) is 0 Å². The average molecular weight is 130 g/mol. The van der Waals surface area contributed by atoms with Gasteiger partial charge in [0, 0.05) is 0 Å². The monoisotopic (exact) mass is 130 g/mol. The highest BCUT2D eigenvalue weighted by molar-refractivity contribution is 9.08. The fourth-order valence-electron chi connectivity index (χ4n) is 0. The molecule has 1 atom stereocenters. The van der Waals surface area contributed by atoms with Crippen molar-refractivity contribution < 1.29 is 9.11 Å². The van der Waals surface area contributed by atoms with Crippen molar-refractivity contribution in [2.24, 2.45) is 0 Å². The van der Waals surface area contributed by atoms with Crippen LogP contribution in [0.15, 0.2) is 0 Å². The zero-order chi connectivity index (χ0) is 4.50. The molecule has 34 valence electrons. The van der Waals surface area contributed by atoms with Crippen LogP contribution in [0, 0.1) is 0 Å². The summed E-state index contributed by atoms with van der Waals surface area (Å²) < 4.78 is 17.1. The first kappa shape index (κ1) is 5.97. The van der Waals surface area contributed by atoms with Gasteiger partial charge in [0.1, 0.15) is 0 Å². The maximum atomic E-state index is 9.42. The summed E-state index contributed by atoms with van der Waals surface area (Å²) in [6, 6.07) is 0. The SMILES string of the molecule is [O-]S(O)([S-])S. The molecule has 5 heteroatoms. The zero-order valence-corrected chi connectivity index (χ0v) is 4.65. The third kappa shape index (κ3) is 46.6. The Morgan fingerprint density at radius 1 is 2.00 bits per heavy atom. The zero-order valence-electron chi connectivity index (χ0n) is 2.12. The Hall–Kier alpha value is 0.970. The van der Waals surface area contributed by atoms with Crippen molar-refractivity contribution in [3.05, 3.63) is 0 Å². The lowest BCUT2D eigenvalue weighted by Crippen LogP contribution is -1.74. The predicted molar refractivity (Wildman–Crippen MR) is 27.3 cm³/mol. The summed E-state index contributed by atoms with van der Waals surface area (Å²) in [5.74, 6) is 0. The lowest BCUT2D eigenvalue weighted by atomic mass is 15.9. The van der Waals surface area contributed by atoms with Gasteiger partial charge in [0.2, 0.25) is 0 Å². The second kappa shape index (κ2) is 1.61. The summed E-state index contributed by atoms with van der Waals surface area (Å²) in [5.41, 5.74) is 0. The van der Waals surface area contributed by atoms with Crippen molar-refractivity contribution in [3.63, 3.8) is 0 Å². The molecule has 0 aliphatic heterocycles. The highest BCUT2D eigenvalue weighted by Gasteiger charge is 1.56. The van der Waals surface area contributed by atoms with E-state index in [1.807, 2.05) is 0 Å². The fraction of sp³-hybridized carbons (Fsp3) is 0. The van der Waals surface area contributed by atoms with E-state index in [9.17, 15) is 4.55 Å². The van der Waals surface area contributed by atoms with E-state index in [-0.39, 0.29) is 0 Å². The lowest BCUT2D eigenvalue weighted by Gasteiger charge is -2.47. The second-order valence-electron chi connectivity index (χ2n) is 0.448. The Balaban J connectivity index is 3.02. The first-order valence-electron chi connectivity index (χ1n) is 0.698. The molecule has 0 aromatic carbocycles. The standard InChI is InChI=1S/H4O2S3/c1-5(2,3)4/h1-4H/p-2. The summed E-state index contributed by atoms with van der Waals surface area (Å²) in [6.45, 7) is 0. The smallest absolute Gasteiger partial charge is 0.114 e. The molecular formula is H2O2S3-2. The third-order valence-corrected chi connectivity index (χ3v) is 0. The van der Waals surface area contributed by atoms with E-state index >= 15 is 0 Å². The van der Waals surface area contributed by atoms with Crippen LogP contribution in [0.25, 0.3) is 0 Å². The average Bonchev–Trinajstić information content (AvgIpc) is 0.722. The third-order valence-electron chi connectivity index (χ3n) is 0. The lowest BCUT2D eigenvalue weighted by molar-refractivity contribution is 0.506. The molecule has 0 spiro atoms. The Labute approximate surface area is 41.6 Å². The topological polar surface area (TPSA) is 43.3 Å². The quantitative estimate of drug-likeness (QED) is 0.288. The molecule has 1 N–H and O–H groups in total. The van der Waals surface area contributed by atoms with Crippen molar-refractivity contribution in [2.45, 2.75) is 0 Å². The van der Waals surface area contributed by atoms with E-state index in [4.69, 9.17) is 4.55 Å². The van der Waals surface area contributed by atoms with Gasteiger partial charge in [0.15, 0.2) is 0 Å². The molecule has 0 heterocycles. The van der Waals surface area contributed by atoms with Crippen LogP contribution in [0.1, 0.15) is 0 Å². The molecule has 0 aliphatic rings. The molecule has 0 aliphatic carbocycles. The predicted octanol–water partition coefficient (Wildman–Crippen LogP) is 0.701. The second-order valence-corrected chi connectivity index (χ2v) is 4.92. The molecule has 5 heavy (non-hydrogen) atoms. The molecule has 0 amide bonds. The summed E-state index contributed by atoms with van der Waals surface area (Å²) in [6.07, 6.45) is 0. The highest BCUT2D eigenvalue weighted by atomic mass is 33.5. The van der Waals surface area contributed by atoms with Gasteiger partial charge in [-0.15, -0.1) is 11.7 Å². The summed E-state index contributed by atoms with van der Waals surface area (Å²) >= 11 is 6.79. The van der Waals surface area contributed by atoms with Gasteiger partial charge in [0.25, 0.3) is 0 Å². The highest BCUT2D eigenvalue weighted by Crippen LogP contribution is 2.39. The number of hydrogen-bond donors (Lipinski definition) is 2. The van der Waals surface area contributed by atoms with Crippen molar-refractivity contribution in [1.82, 2.24) is 0 Å². The summed E-state index contributed by atoms with van der Waals surface area (Å²) in [4.78, 5) is 0. The largest absolute Gasteiger partial charge is 0.780 e. The van der Waals surface area contributed by atoms with E-state index < -0.39 is 8.65 Å². The first-order valence-corrected chi connectivity index (χ1v) is 4.19. The Kier molecular flexibility index (Phi) is 1.93. The Bertz CT molecular complexity index is 20.4. The summed E-state index contributed by atoms with van der Waals surface area (Å²) in [5, 5.41) is 0. The van der Waals surface area contributed by atoms with Gasteiger partial charge < -0.3 is 29.4 Å². The Morgan fingerprint density at radius 3 is 2.00 bits per heavy atom. The van der Waals surface area contributed by atoms with Gasteiger partial charge in [-0.05, 0) is 0 Å². The van der Waals surface area contributed by atoms with Crippen LogP contribution >= 0.6 is 20.3 Å². The van der Waals surface area contributed by atoms with Gasteiger partial charge in [0.05, 0.1) is 0 Å². The van der Waals surface area contributed by atoms with Gasteiger partial charge in [-0.25, -0.2) is 0 Å². The maximum absolute atomic E-state index is 9.42. The van der Waals surface area contributed by atoms with Crippen LogP contribution < -0.4 is 0 Å². The maximum Gasteiger partial charge on any atom is -0.114 e. The number of rotatable bonds is 0. The summed E-state index contributed by atoms with van der Waals surface area (Å²) in [7, 11) is -3.14. The number of hydrogen-bond acceptors (Lipinski definition) is 4. The van der Waals surface area contributed by atoms with Crippen molar-refractivity contribution in [3.8, 4) is 0 Å². The minimum atomic E-state index is -3.14. The molecular weight excluding hydrogens is 128 g/mol. The molecule has 1 unspecified atom stereocenters. The Morgan fingerprint density at radius 2 is 2.00 bits per heavy atom. The van der Waals surface area contributed by atoms with Crippen molar-refractivity contribution >= 4 is 32.0 Å². The first-order chi connectivity index (χ1) is 2.00. The van der Waals surface area contributed by atoms with E-state index in [2.05, 4.69) is 23.3 Å². The molecule has 0 aromatic rings. The van der Waals surface area contributed by atoms with Crippen LogP contribution in [-0.4, -0.2) is 9.11 Å². The molecule has 0 saturated carbocycles. The van der Waals surface area contributed by atoms with Crippen molar-refractivity contribution in [1.29, 1.82) is 0 Å². The minimum Gasteiger partial charge on any atom is -0.780 e. The van der Waals surface area contributed by atoms with E-state index in [1.54, 1.807) is 0 Å². The van der Waals surface area contributed by atoms with Gasteiger partial charge in [-0.1, -0.05) is 0 Å². The molecule has 0 radical (unpaired) electrons.